The van der Waals surface area contributed by atoms with Crippen molar-refractivity contribution in [2.75, 3.05) is 0 Å². The first-order valence-corrected chi connectivity index (χ1v) is 12.5. The van der Waals surface area contributed by atoms with Crippen LogP contribution in [0.3, 0.4) is 0 Å². The first-order valence-electron chi connectivity index (χ1n) is 10.6. The van der Waals surface area contributed by atoms with Gasteiger partial charge in [-0.15, -0.1) is 0 Å². The van der Waals surface area contributed by atoms with Crippen LogP contribution in [-0.4, -0.2) is 25.7 Å². The van der Waals surface area contributed by atoms with E-state index >= 15 is 0 Å². The lowest BCUT2D eigenvalue weighted by Gasteiger charge is -2.15. The maximum Gasteiger partial charge on any atom is 0.285 e. The average Bonchev–Trinajstić information content (AvgIpc) is 3.33. The number of nitrogens with zero attached hydrogens (tertiary/aromatic N) is 2. The first-order chi connectivity index (χ1) is 16.9. The number of benzene rings is 3. The lowest BCUT2D eigenvalue weighted by molar-refractivity contribution is -0.123. The van der Waals surface area contributed by atoms with Crippen molar-refractivity contribution >= 4 is 80.3 Å². The molecule has 1 fully saturated rings. The fourth-order valence-electron chi connectivity index (χ4n) is 3.82. The maximum absolute atomic E-state index is 13.1. The molecule has 4 aromatic rings. The third kappa shape index (κ3) is 4.86. The predicted molar refractivity (Wildman–Crippen MR) is 146 cm³/mol. The number of nitrogens with one attached hydrogen (secondary N) is 1. The summed E-state index contributed by atoms with van der Waals surface area (Å²) in [6, 6.07) is 22.0. The van der Waals surface area contributed by atoms with Gasteiger partial charge in [-0.05, 0) is 54.2 Å². The fraction of sp³-hybridized carbons (Fsp3) is 0.0385. The number of thiocarbonyl (C=S) groups is 1. The van der Waals surface area contributed by atoms with Crippen LogP contribution in [0.1, 0.15) is 21.5 Å². The minimum Gasteiger partial charge on any atom is -0.342 e. The van der Waals surface area contributed by atoms with E-state index in [1.165, 1.54) is 0 Å². The topological polar surface area (TPSA) is 54.3 Å². The van der Waals surface area contributed by atoms with Crippen molar-refractivity contribution in [2.45, 2.75) is 6.54 Å². The fourth-order valence-corrected chi connectivity index (χ4v) is 5.45. The van der Waals surface area contributed by atoms with Crippen molar-refractivity contribution in [3.63, 3.8) is 0 Å². The zero-order chi connectivity index (χ0) is 24.5. The van der Waals surface area contributed by atoms with E-state index in [-0.39, 0.29) is 10.2 Å². The van der Waals surface area contributed by atoms with Crippen LogP contribution >= 0.6 is 47.2 Å². The quantitative estimate of drug-likeness (QED) is 0.232. The minimum atomic E-state index is -0.403. The molecule has 0 radical (unpaired) electrons. The van der Waals surface area contributed by atoms with Crippen molar-refractivity contribution < 1.29 is 9.59 Å². The number of aromatic nitrogens is 1. The van der Waals surface area contributed by atoms with E-state index in [1.807, 2.05) is 48.7 Å². The molecule has 0 spiro atoms. The Morgan fingerprint density at radius 2 is 1.77 bits per heavy atom. The van der Waals surface area contributed by atoms with Gasteiger partial charge in [-0.2, -0.15) is 5.01 Å². The molecule has 0 bridgehead atoms. The summed E-state index contributed by atoms with van der Waals surface area (Å²) in [5.74, 6) is -0.776. The number of carbonyl (C=O) groups is 2. The number of rotatable bonds is 5. The summed E-state index contributed by atoms with van der Waals surface area (Å²) in [6.07, 6.45) is 3.78. The summed E-state index contributed by atoms with van der Waals surface area (Å²) in [4.78, 5) is 26.1. The zero-order valence-corrected chi connectivity index (χ0v) is 21.2. The van der Waals surface area contributed by atoms with Gasteiger partial charge < -0.3 is 4.57 Å². The molecule has 9 heteroatoms. The molecular formula is C26H17Cl2N3O2S2. The van der Waals surface area contributed by atoms with Gasteiger partial charge in [-0.3, -0.25) is 15.0 Å². The Labute approximate surface area is 221 Å². The van der Waals surface area contributed by atoms with Crippen LogP contribution < -0.4 is 5.43 Å². The molecule has 5 rings (SSSR count). The highest BCUT2D eigenvalue weighted by Crippen LogP contribution is 2.34. The molecule has 3 aromatic carbocycles. The maximum atomic E-state index is 13.1. The van der Waals surface area contributed by atoms with E-state index in [0.717, 1.165) is 38.8 Å². The summed E-state index contributed by atoms with van der Waals surface area (Å²) in [7, 11) is 0. The number of fused-ring (bicyclic) bond motifs is 1. The van der Waals surface area contributed by atoms with E-state index in [0.29, 0.717) is 27.1 Å². The van der Waals surface area contributed by atoms with Crippen LogP contribution in [-0.2, 0) is 11.3 Å². The largest absolute Gasteiger partial charge is 0.342 e. The number of hydrogen-bond donors (Lipinski definition) is 1. The van der Waals surface area contributed by atoms with Crippen molar-refractivity contribution in [2.24, 2.45) is 0 Å². The second-order valence-electron chi connectivity index (χ2n) is 7.79. The first kappa shape index (κ1) is 23.6. The molecule has 0 unspecified atom stereocenters. The van der Waals surface area contributed by atoms with E-state index in [2.05, 4.69) is 9.99 Å². The number of para-hydroxylation sites is 1. The van der Waals surface area contributed by atoms with Crippen molar-refractivity contribution in [1.29, 1.82) is 0 Å². The van der Waals surface area contributed by atoms with E-state index < -0.39 is 5.91 Å². The summed E-state index contributed by atoms with van der Waals surface area (Å²) < 4.78 is 2.34. The number of hydrogen-bond acceptors (Lipinski definition) is 4. The van der Waals surface area contributed by atoms with E-state index in [4.69, 9.17) is 35.4 Å². The second kappa shape index (κ2) is 9.87. The third-order valence-corrected chi connectivity index (χ3v) is 7.39. The van der Waals surface area contributed by atoms with Crippen LogP contribution in [0.4, 0.5) is 0 Å². The normalized spacial score (nSPS) is 14.8. The number of amides is 2. The average molecular weight is 538 g/mol. The molecule has 2 amide bonds. The summed E-state index contributed by atoms with van der Waals surface area (Å²) in [5.41, 5.74) is 5.84. The molecule has 0 saturated carbocycles. The molecule has 1 aromatic heterocycles. The molecule has 1 N–H and O–H groups in total. The van der Waals surface area contributed by atoms with Crippen LogP contribution in [0, 0.1) is 0 Å². The van der Waals surface area contributed by atoms with E-state index in [9.17, 15) is 9.59 Å². The zero-order valence-electron chi connectivity index (χ0n) is 18.1. The Bertz CT molecular complexity index is 1520. The van der Waals surface area contributed by atoms with Gasteiger partial charge in [0.05, 0.1) is 4.91 Å². The van der Waals surface area contributed by atoms with Crippen LogP contribution in [0.2, 0.25) is 10.0 Å². The molecule has 0 atom stereocenters. The van der Waals surface area contributed by atoms with Gasteiger partial charge in [0.2, 0.25) is 0 Å². The summed E-state index contributed by atoms with van der Waals surface area (Å²) in [5, 5.41) is 3.27. The highest BCUT2D eigenvalue weighted by molar-refractivity contribution is 8.26. The Morgan fingerprint density at radius 3 is 2.54 bits per heavy atom. The smallest absolute Gasteiger partial charge is 0.285 e. The number of halogens is 2. The van der Waals surface area contributed by atoms with Gasteiger partial charge >= 0.3 is 0 Å². The second-order valence-corrected chi connectivity index (χ2v) is 10.3. The summed E-state index contributed by atoms with van der Waals surface area (Å²) in [6.45, 7) is 0.540. The van der Waals surface area contributed by atoms with Crippen LogP contribution in [0.25, 0.3) is 17.0 Å². The SMILES string of the molecule is O=C(NN1C(=O)/C(=C\c2cn(Cc3ccc(Cl)cc3Cl)c3ccccc23)SC1=S)c1ccccc1. The van der Waals surface area contributed by atoms with Crippen molar-refractivity contribution in [3.8, 4) is 0 Å². The number of carbonyl (C=O) groups excluding carboxylic acids is 2. The van der Waals surface area contributed by atoms with Gasteiger partial charge in [0, 0.05) is 44.8 Å². The molecule has 1 saturated heterocycles. The molecular weight excluding hydrogens is 521 g/mol. The number of thioether (sulfide) groups is 1. The molecule has 174 valence electrons. The monoisotopic (exact) mass is 537 g/mol. The highest BCUT2D eigenvalue weighted by atomic mass is 35.5. The minimum absolute atomic E-state index is 0.266. The van der Waals surface area contributed by atoms with Gasteiger partial charge in [-0.1, -0.05) is 77.4 Å². The van der Waals surface area contributed by atoms with Gasteiger partial charge in [0.15, 0.2) is 4.32 Å². The number of hydrazine groups is 1. The highest BCUT2D eigenvalue weighted by Gasteiger charge is 2.34. The summed E-state index contributed by atoms with van der Waals surface area (Å²) >= 11 is 19.0. The molecule has 2 heterocycles. The predicted octanol–water partition coefficient (Wildman–Crippen LogP) is 6.54. The molecule has 35 heavy (non-hydrogen) atoms. The molecule has 5 nitrogen and oxygen atoms in total. The Balaban J connectivity index is 1.44. The molecule has 0 aliphatic carbocycles. The Hall–Kier alpha value is -3.10. The van der Waals surface area contributed by atoms with Crippen molar-refractivity contribution in [3.05, 3.63) is 111 Å². The molecule has 1 aliphatic heterocycles. The standard InChI is InChI=1S/C26H17Cl2N3O2S2/c27-19-11-10-17(21(28)13-19)14-30-15-18(20-8-4-5-9-22(20)30)12-23-25(33)31(26(34)35-23)29-24(32)16-6-2-1-3-7-16/h1-13,15H,14H2,(H,29,32)/b23-12+. The lowest BCUT2D eigenvalue weighted by atomic mass is 10.1. The van der Waals surface area contributed by atoms with Gasteiger partial charge in [0.25, 0.3) is 11.8 Å². The third-order valence-electron chi connectivity index (χ3n) is 5.50. The van der Waals surface area contributed by atoms with Crippen LogP contribution in [0.5, 0.6) is 0 Å². The Kier molecular flexibility index (Phi) is 6.67. The lowest BCUT2D eigenvalue weighted by Crippen LogP contribution is -2.44. The van der Waals surface area contributed by atoms with E-state index in [1.54, 1.807) is 36.4 Å². The van der Waals surface area contributed by atoms with Gasteiger partial charge in [-0.25, -0.2) is 0 Å². The van der Waals surface area contributed by atoms with Crippen molar-refractivity contribution in [1.82, 2.24) is 15.0 Å². The Morgan fingerprint density at radius 1 is 1.03 bits per heavy atom. The molecule has 1 aliphatic rings. The van der Waals surface area contributed by atoms with Crippen LogP contribution in [0.15, 0.2) is 83.9 Å². The van der Waals surface area contributed by atoms with Gasteiger partial charge in [0.1, 0.15) is 0 Å².